The van der Waals surface area contributed by atoms with Crippen molar-refractivity contribution in [2.45, 2.75) is 12.3 Å². The Bertz CT molecular complexity index is 306. The van der Waals surface area contributed by atoms with Crippen LogP contribution in [0.15, 0.2) is 18.2 Å². The summed E-state index contributed by atoms with van der Waals surface area (Å²) in [6, 6.07) is 4.81. The van der Waals surface area contributed by atoms with Gasteiger partial charge in [-0.15, -0.1) is 0 Å². The topological polar surface area (TPSA) is 52.5 Å². The molecule has 0 bridgehead atoms. The van der Waals surface area contributed by atoms with E-state index in [1.165, 1.54) is 6.07 Å². The molecule has 3 heteroatoms. The Labute approximate surface area is 77.0 Å². The van der Waals surface area contributed by atoms with Gasteiger partial charge >= 0.3 is 0 Å². The van der Waals surface area contributed by atoms with Crippen molar-refractivity contribution in [2.24, 2.45) is 0 Å². The fourth-order valence-corrected chi connectivity index (χ4v) is 1.80. The van der Waals surface area contributed by atoms with Crippen LogP contribution in [0.4, 0.5) is 0 Å². The number of aromatic hydroxyl groups is 2. The predicted octanol–water partition coefficient (Wildman–Crippen LogP) is 1.17. The fraction of sp³-hybridized carbons (Fsp3) is 0.400. The van der Waals surface area contributed by atoms with Gasteiger partial charge in [0, 0.05) is 18.5 Å². The van der Waals surface area contributed by atoms with Crippen LogP contribution in [-0.2, 0) is 0 Å². The molecule has 1 aliphatic heterocycles. The molecule has 2 rings (SSSR count). The summed E-state index contributed by atoms with van der Waals surface area (Å²) in [7, 11) is 0. The molecule has 1 fully saturated rings. The minimum Gasteiger partial charge on any atom is -0.508 e. The Hall–Kier alpha value is -1.22. The summed E-state index contributed by atoms with van der Waals surface area (Å²) in [5, 5.41) is 21.9. The molecule has 1 aromatic rings. The minimum atomic E-state index is 0.118. The van der Waals surface area contributed by atoms with Crippen molar-refractivity contribution in [1.82, 2.24) is 5.32 Å². The van der Waals surface area contributed by atoms with E-state index in [9.17, 15) is 5.11 Å². The highest BCUT2D eigenvalue weighted by atomic mass is 16.3. The van der Waals surface area contributed by atoms with Gasteiger partial charge in [0.1, 0.15) is 11.5 Å². The zero-order chi connectivity index (χ0) is 9.26. The lowest BCUT2D eigenvalue weighted by Crippen LogP contribution is -2.07. The van der Waals surface area contributed by atoms with Crippen molar-refractivity contribution in [2.75, 3.05) is 13.1 Å². The number of benzene rings is 1. The van der Waals surface area contributed by atoms with E-state index < -0.39 is 0 Å². The maximum absolute atomic E-state index is 9.56. The average Bonchev–Trinajstić information content (AvgIpc) is 2.56. The predicted molar refractivity (Wildman–Crippen MR) is 50.0 cm³/mol. The molecule has 0 aliphatic carbocycles. The highest BCUT2D eigenvalue weighted by molar-refractivity contribution is 5.41. The number of hydrogen-bond donors (Lipinski definition) is 3. The lowest BCUT2D eigenvalue weighted by atomic mass is 9.97. The van der Waals surface area contributed by atoms with Crippen LogP contribution in [0.25, 0.3) is 0 Å². The SMILES string of the molecule is Oc1ccc(C2CCNC2)c(O)c1. The molecule has 0 saturated carbocycles. The summed E-state index contributed by atoms with van der Waals surface area (Å²) < 4.78 is 0. The van der Waals surface area contributed by atoms with Gasteiger partial charge in [-0.3, -0.25) is 0 Å². The lowest BCUT2D eigenvalue weighted by Gasteiger charge is -2.10. The van der Waals surface area contributed by atoms with Gasteiger partial charge in [0.15, 0.2) is 0 Å². The fourth-order valence-electron chi connectivity index (χ4n) is 1.80. The van der Waals surface area contributed by atoms with E-state index in [0.29, 0.717) is 5.92 Å². The van der Waals surface area contributed by atoms with Gasteiger partial charge in [0.2, 0.25) is 0 Å². The summed E-state index contributed by atoms with van der Waals surface area (Å²) >= 11 is 0. The van der Waals surface area contributed by atoms with Crippen LogP contribution in [0, 0.1) is 0 Å². The third-order valence-corrected chi connectivity index (χ3v) is 2.51. The van der Waals surface area contributed by atoms with Crippen molar-refractivity contribution in [3.8, 4) is 11.5 Å². The molecular formula is C10H13NO2. The van der Waals surface area contributed by atoms with Gasteiger partial charge in [0.25, 0.3) is 0 Å². The second-order valence-corrected chi connectivity index (χ2v) is 3.43. The van der Waals surface area contributed by atoms with Crippen molar-refractivity contribution in [3.63, 3.8) is 0 Å². The van der Waals surface area contributed by atoms with Gasteiger partial charge in [-0.05, 0) is 24.6 Å². The number of nitrogens with one attached hydrogen (secondary N) is 1. The monoisotopic (exact) mass is 179 g/mol. The van der Waals surface area contributed by atoms with E-state index >= 15 is 0 Å². The van der Waals surface area contributed by atoms with Crippen LogP contribution in [0.5, 0.6) is 11.5 Å². The molecule has 1 atom stereocenters. The minimum absolute atomic E-state index is 0.118. The van der Waals surface area contributed by atoms with Crippen molar-refractivity contribution < 1.29 is 10.2 Å². The van der Waals surface area contributed by atoms with Gasteiger partial charge in [-0.25, -0.2) is 0 Å². The van der Waals surface area contributed by atoms with Crippen LogP contribution in [-0.4, -0.2) is 23.3 Å². The third kappa shape index (κ3) is 1.60. The molecule has 1 saturated heterocycles. The molecule has 1 aromatic carbocycles. The van der Waals surface area contributed by atoms with Crippen LogP contribution in [0.1, 0.15) is 17.9 Å². The Morgan fingerprint density at radius 3 is 2.77 bits per heavy atom. The molecule has 0 radical (unpaired) electrons. The highest BCUT2D eigenvalue weighted by Gasteiger charge is 2.19. The Morgan fingerprint density at radius 1 is 1.31 bits per heavy atom. The summed E-state index contributed by atoms with van der Waals surface area (Å²) in [6.07, 6.45) is 1.05. The largest absolute Gasteiger partial charge is 0.508 e. The maximum atomic E-state index is 9.56. The summed E-state index contributed by atoms with van der Waals surface area (Å²) in [5.74, 6) is 0.710. The summed E-state index contributed by atoms with van der Waals surface area (Å²) in [6.45, 7) is 1.92. The van der Waals surface area contributed by atoms with Crippen LogP contribution >= 0.6 is 0 Å². The van der Waals surface area contributed by atoms with Crippen LogP contribution < -0.4 is 5.32 Å². The number of phenols is 2. The molecule has 3 nitrogen and oxygen atoms in total. The standard InChI is InChI=1S/C10H13NO2/c12-8-1-2-9(10(13)5-8)7-3-4-11-6-7/h1-2,5,7,11-13H,3-4,6H2. The van der Waals surface area contributed by atoms with Gasteiger partial charge in [-0.2, -0.15) is 0 Å². The second kappa shape index (κ2) is 3.26. The molecule has 70 valence electrons. The van der Waals surface area contributed by atoms with Gasteiger partial charge < -0.3 is 15.5 Å². The zero-order valence-electron chi connectivity index (χ0n) is 7.33. The Morgan fingerprint density at radius 2 is 2.15 bits per heavy atom. The molecule has 1 aliphatic rings. The molecule has 1 unspecified atom stereocenters. The molecule has 1 heterocycles. The first-order valence-corrected chi connectivity index (χ1v) is 4.50. The van der Waals surface area contributed by atoms with E-state index in [1.54, 1.807) is 12.1 Å². The van der Waals surface area contributed by atoms with E-state index in [4.69, 9.17) is 5.11 Å². The highest BCUT2D eigenvalue weighted by Crippen LogP contribution is 2.32. The maximum Gasteiger partial charge on any atom is 0.122 e. The Kier molecular flexibility index (Phi) is 2.10. The summed E-state index contributed by atoms with van der Waals surface area (Å²) in [4.78, 5) is 0. The molecular weight excluding hydrogens is 166 g/mol. The van der Waals surface area contributed by atoms with E-state index in [1.807, 2.05) is 0 Å². The molecule has 0 aromatic heterocycles. The first kappa shape index (κ1) is 8.38. The van der Waals surface area contributed by atoms with Crippen molar-refractivity contribution >= 4 is 0 Å². The number of hydrogen-bond acceptors (Lipinski definition) is 3. The normalized spacial score (nSPS) is 22.0. The van der Waals surface area contributed by atoms with Crippen LogP contribution in [0.3, 0.4) is 0 Å². The molecule has 13 heavy (non-hydrogen) atoms. The summed E-state index contributed by atoms with van der Waals surface area (Å²) in [5.41, 5.74) is 0.933. The smallest absolute Gasteiger partial charge is 0.122 e. The lowest BCUT2D eigenvalue weighted by molar-refractivity contribution is 0.442. The van der Waals surface area contributed by atoms with Crippen LogP contribution in [0.2, 0.25) is 0 Å². The van der Waals surface area contributed by atoms with Gasteiger partial charge in [0.05, 0.1) is 0 Å². The van der Waals surface area contributed by atoms with Crippen molar-refractivity contribution in [1.29, 1.82) is 0 Å². The van der Waals surface area contributed by atoms with E-state index in [-0.39, 0.29) is 11.5 Å². The van der Waals surface area contributed by atoms with E-state index in [0.717, 1.165) is 25.1 Å². The molecule has 0 amide bonds. The first-order chi connectivity index (χ1) is 6.27. The second-order valence-electron chi connectivity index (χ2n) is 3.43. The molecule has 3 N–H and O–H groups in total. The molecule has 0 spiro atoms. The Balaban J connectivity index is 2.29. The van der Waals surface area contributed by atoms with Crippen molar-refractivity contribution in [3.05, 3.63) is 23.8 Å². The number of phenolic OH excluding ortho intramolecular Hbond substituents is 2. The zero-order valence-corrected chi connectivity index (χ0v) is 7.33. The quantitative estimate of drug-likeness (QED) is 0.606. The number of rotatable bonds is 1. The third-order valence-electron chi connectivity index (χ3n) is 2.51. The van der Waals surface area contributed by atoms with E-state index in [2.05, 4.69) is 5.32 Å². The average molecular weight is 179 g/mol. The van der Waals surface area contributed by atoms with Gasteiger partial charge in [-0.1, -0.05) is 6.07 Å². The first-order valence-electron chi connectivity index (χ1n) is 4.50.